The molecule has 1 saturated heterocycles. The molecule has 0 N–H and O–H groups in total. The lowest BCUT2D eigenvalue weighted by Gasteiger charge is -2.22. The van der Waals surface area contributed by atoms with E-state index in [2.05, 4.69) is 4.98 Å². The molecule has 7 heteroatoms. The van der Waals surface area contributed by atoms with Crippen LogP contribution in [0.2, 0.25) is 5.02 Å². The number of hydrogen-bond acceptors (Lipinski definition) is 5. The summed E-state index contributed by atoms with van der Waals surface area (Å²) in [6.07, 6.45) is 4.06. The molecule has 0 spiro atoms. The zero-order chi connectivity index (χ0) is 18.4. The van der Waals surface area contributed by atoms with Crippen molar-refractivity contribution in [3.05, 3.63) is 52.7 Å². The number of methoxy groups -OCH3 is 1. The van der Waals surface area contributed by atoms with E-state index in [1.165, 1.54) is 0 Å². The van der Waals surface area contributed by atoms with E-state index in [9.17, 15) is 4.79 Å². The first-order valence-electron chi connectivity index (χ1n) is 8.73. The molecule has 1 atom stereocenters. The maximum atomic E-state index is 12.4. The van der Waals surface area contributed by atoms with Gasteiger partial charge in [0.25, 0.3) is 0 Å². The van der Waals surface area contributed by atoms with Crippen molar-refractivity contribution >= 4 is 17.5 Å². The van der Waals surface area contributed by atoms with Crippen LogP contribution in [0.4, 0.5) is 0 Å². The third kappa shape index (κ3) is 4.63. The summed E-state index contributed by atoms with van der Waals surface area (Å²) in [6, 6.07) is 7.53. The van der Waals surface area contributed by atoms with Crippen LogP contribution in [0, 0.1) is 0 Å². The van der Waals surface area contributed by atoms with Gasteiger partial charge < -0.3 is 18.8 Å². The van der Waals surface area contributed by atoms with E-state index in [1.807, 2.05) is 24.3 Å². The smallest absolute Gasteiger partial charge is 0.249 e. The molecule has 2 aromatic rings. The molecule has 1 aromatic carbocycles. The number of benzene rings is 1. The first kappa shape index (κ1) is 18.9. The van der Waals surface area contributed by atoms with Gasteiger partial charge in [0.05, 0.1) is 19.4 Å². The quantitative estimate of drug-likeness (QED) is 0.660. The molecule has 1 amide bonds. The fraction of sp³-hybridized carbons (Fsp3) is 0.474. The van der Waals surface area contributed by atoms with Crippen LogP contribution in [0.1, 0.15) is 36.1 Å². The van der Waals surface area contributed by atoms with Gasteiger partial charge in [0.1, 0.15) is 18.4 Å². The van der Waals surface area contributed by atoms with Crippen molar-refractivity contribution in [2.75, 3.05) is 33.5 Å². The number of aromatic nitrogens is 1. The minimum absolute atomic E-state index is 0.0468. The zero-order valence-corrected chi connectivity index (χ0v) is 15.6. The molecule has 1 aliphatic heterocycles. The average molecular weight is 379 g/mol. The molecule has 0 bridgehead atoms. The Kier molecular flexibility index (Phi) is 6.66. The molecular weight excluding hydrogens is 356 g/mol. The first-order valence-corrected chi connectivity index (χ1v) is 9.11. The lowest BCUT2D eigenvalue weighted by Crippen LogP contribution is -2.34. The van der Waals surface area contributed by atoms with Crippen LogP contribution in [-0.4, -0.2) is 49.3 Å². The Balaban J connectivity index is 1.62. The van der Waals surface area contributed by atoms with Gasteiger partial charge in [0.2, 0.25) is 11.8 Å². The number of carbonyl (C=O) groups excluding carboxylic acids is 1. The molecular formula is C19H23ClN2O4. The number of ether oxygens (including phenoxy) is 2. The molecule has 0 saturated carbocycles. The van der Waals surface area contributed by atoms with Gasteiger partial charge in [-0.15, -0.1) is 0 Å². The lowest BCUT2D eigenvalue weighted by atomic mass is 10.1. The number of hydrogen-bond donors (Lipinski definition) is 0. The topological polar surface area (TPSA) is 64.8 Å². The van der Waals surface area contributed by atoms with Crippen molar-refractivity contribution in [1.29, 1.82) is 0 Å². The Bertz CT molecular complexity index is 734. The highest BCUT2D eigenvalue weighted by Gasteiger charge is 2.33. The molecule has 0 aliphatic carbocycles. The Morgan fingerprint density at radius 2 is 2.23 bits per heavy atom. The highest BCUT2D eigenvalue weighted by Crippen LogP contribution is 2.32. The fourth-order valence-electron chi connectivity index (χ4n) is 3.09. The van der Waals surface area contributed by atoms with Crippen LogP contribution in [0.15, 0.2) is 34.9 Å². The van der Waals surface area contributed by atoms with Gasteiger partial charge in [-0.2, -0.15) is 0 Å². The van der Waals surface area contributed by atoms with E-state index in [1.54, 1.807) is 18.2 Å². The highest BCUT2D eigenvalue weighted by molar-refractivity contribution is 6.31. The Morgan fingerprint density at radius 3 is 3.04 bits per heavy atom. The summed E-state index contributed by atoms with van der Waals surface area (Å²) < 4.78 is 16.2. The second kappa shape index (κ2) is 9.16. The number of likely N-dealkylation sites (tertiary alicyclic amines) is 1. The molecule has 1 fully saturated rings. The van der Waals surface area contributed by atoms with E-state index in [4.69, 9.17) is 25.5 Å². The third-order valence-corrected chi connectivity index (χ3v) is 4.78. The Morgan fingerprint density at radius 1 is 1.38 bits per heavy atom. The predicted octanol–water partition coefficient (Wildman–Crippen LogP) is 3.25. The molecule has 0 radical (unpaired) electrons. The SMILES string of the molecule is COCCOCC(=O)N1CCC[C@H]1c1ncc(Cc2ccccc2Cl)o1. The minimum atomic E-state index is -0.131. The van der Waals surface area contributed by atoms with Crippen molar-refractivity contribution in [2.45, 2.75) is 25.3 Å². The fourth-order valence-corrected chi connectivity index (χ4v) is 3.30. The summed E-state index contributed by atoms with van der Waals surface area (Å²) in [5.41, 5.74) is 0.989. The predicted molar refractivity (Wildman–Crippen MR) is 97.1 cm³/mol. The highest BCUT2D eigenvalue weighted by atomic mass is 35.5. The van der Waals surface area contributed by atoms with Gasteiger partial charge in [-0.1, -0.05) is 29.8 Å². The van der Waals surface area contributed by atoms with Gasteiger partial charge in [-0.25, -0.2) is 4.98 Å². The summed E-state index contributed by atoms with van der Waals surface area (Å²) in [7, 11) is 1.60. The molecule has 26 heavy (non-hydrogen) atoms. The second-order valence-electron chi connectivity index (χ2n) is 6.22. The van der Waals surface area contributed by atoms with E-state index < -0.39 is 0 Å². The van der Waals surface area contributed by atoms with Crippen molar-refractivity contribution in [3.8, 4) is 0 Å². The summed E-state index contributed by atoms with van der Waals surface area (Å²) in [5.74, 6) is 1.27. The van der Waals surface area contributed by atoms with Crippen LogP contribution >= 0.6 is 11.6 Å². The van der Waals surface area contributed by atoms with E-state index in [0.717, 1.165) is 24.2 Å². The second-order valence-corrected chi connectivity index (χ2v) is 6.63. The van der Waals surface area contributed by atoms with Crippen LogP contribution in [0.5, 0.6) is 0 Å². The average Bonchev–Trinajstić information content (AvgIpc) is 3.29. The number of rotatable bonds is 8. The van der Waals surface area contributed by atoms with Crippen molar-refractivity contribution in [2.24, 2.45) is 0 Å². The largest absolute Gasteiger partial charge is 0.443 e. The first-order chi connectivity index (χ1) is 12.7. The number of oxazole rings is 1. The van der Waals surface area contributed by atoms with Gasteiger partial charge in [0, 0.05) is 25.1 Å². The van der Waals surface area contributed by atoms with Gasteiger partial charge in [0.15, 0.2) is 0 Å². The Hall–Kier alpha value is -1.89. The van der Waals surface area contributed by atoms with E-state index >= 15 is 0 Å². The number of carbonyl (C=O) groups is 1. The monoisotopic (exact) mass is 378 g/mol. The zero-order valence-electron chi connectivity index (χ0n) is 14.8. The van der Waals surface area contributed by atoms with Gasteiger partial charge in [-0.05, 0) is 24.5 Å². The number of amides is 1. The maximum Gasteiger partial charge on any atom is 0.249 e. The molecule has 3 rings (SSSR count). The summed E-state index contributed by atoms with van der Waals surface area (Å²) in [5, 5.41) is 0.705. The van der Waals surface area contributed by atoms with E-state index in [-0.39, 0.29) is 18.6 Å². The normalized spacial score (nSPS) is 17.0. The van der Waals surface area contributed by atoms with Crippen LogP contribution < -0.4 is 0 Å². The lowest BCUT2D eigenvalue weighted by molar-refractivity contribution is -0.137. The van der Waals surface area contributed by atoms with Crippen molar-refractivity contribution < 1.29 is 18.7 Å². The van der Waals surface area contributed by atoms with Crippen LogP contribution in [0.25, 0.3) is 0 Å². The van der Waals surface area contributed by atoms with Crippen molar-refractivity contribution in [3.63, 3.8) is 0 Å². The maximum absolute atomic E-state index is 12.4. The molecule has 2 heterocycles. The summed E-state index contributed by atoms with van der Waals surface area (Å²) >= 11 is 6.21. The van der Waals surface area contributed by atoms with Crippen LogP contribution in [-0.2, 0) is 20.7 Å². The standard InChI is InChI=1S/C19H23ClN2O4/c1-24-9-10-25-13-18(23)22-8-4-7-17(22)19-21-12-15(26-19)11-14-5-2-3-6-16(14)20/h2-3,5-6,12,17H,4,7-11,13H2,1H3/t17-/m0/s1. The molecule has 0 unspecified atom stereocenters. The summed E-state index contributed by atoms with van der Waals surface area (Å²) in [4.78, 5) is 18.6. The van der Waals surface area contributed by atoms with Crippen LogP contribution in [0.3, 0.4) is 0 Å². The molecule has 140 valence electrons. The molecule has 6 nitrogen and oxygen atoms in total. The van der Waals surface area contributed by atoms with Gasteiger partial charge >= 0.3 is 0 Å². The van der Waals surface area contributed by atoms with Gasteiger partial charge in [-0.3, -0.25) is 4.79 Å². The minimum Gasteiger partial charge on any atom is -0.443 e. The molecule has 1 aromatic heterocycles. The van der Waals surface area contributed by atoms with E-state index in [0.29, 0.717) is 37.1 Å². The summed E-state index contributed by atoms with van der Waals surface area (Å²) in [6.45, 7) is 1.62. The number of halogens is 1. The van der Waals surface area contributed by atoms with Crippen molar-refractivity contribution in [1.82, 2.24) is 9.88 Å². The number of nitrogens with zero attached hydrogens (tertiary/aromatic N) is 2. The Labute approximate surface area is 158 Å². The molecule has 1 aliphatic rings. The third-order valence-electron chi connectivity index (χ3n) is 4.41.